The monoisotopic (exact) mass is 373 g/mol. The Morgan fingerprint density at radius 3 is 2.54 bits per heavy atom. The van der Waals surface area contributed by atoms with E-state index in [0.717, 1.165) is 30.6 Å². The van der Waals surface area contributed by atoms with Crippen molar-refractivity contribution in [3.8, 4) is 0 Å². The van der Waals surface area contributed by atoms with Crippen LogP contribution in [0.2, 0.25) is 0 Å². The average Bonchev–Trinajstić information content (AvgIpc) is 2.63. The summed E-state index contributed by atoms with van der Waals surface area (Å²) in [4.78, 5) is 26.5. The average molecular weight is 374 g/mol. The summed E-state index contributed by atoms with van der Waals surface area (Å²) in [7, 11) is 0. The number of rotatable bonds is 4. The number of carbonyl (C=O) groups is 2. The van der Waals surface area contributed by atoms with Gasteiger partial charge in [-0.2, -0.15) is 0 Å². The Bertz CT molecular complexity index is 778. The van der Waals surface area contributed by atoms with Crippen molar-refractivity contribution in [3.63, 3.8) is 0 Å². The maximum absolute atomic E-state index is 12.7. The summed E-state index contributed by atoms with van der Waals surface area (Å²) in [5.41, 5.74) is 7.30. The first kappa shape index (κ1) is 19.9. The molecule has 0 aliphatic carbocycles. The van der Waals surface area contributed by atoms with Crippen LogP contribution >= 0.6 is 12.4 Å². The lowest BCUT2D eigenvalue weighted by Crippen LogP contribution is -2.45. The first-order valence-corrected chi connectivity index (χ1v) is 8.55. The van der Waals surface area contributed by atoms with Gasteiger partial charge in [-0.05, 0) is 43.5 Å². The maximum Gasteiger partial charge on any atom is 0.248 e. The molecule has 0 aromatic heterocycles. The Morgan fingerprint density at radius 2 is 1.85 bits per heavy atom. The van der Waals surface area contributed by atoms with E-state index in [1.165, 1.54) is 0 Å². The van der Waals surface area contributed by atoms with Crippen molar-refractivity contribution in [1.82, 2.24) is 0 Å². The van der Waals surface area contributed by atoms with Crippen molar-refractivity contribution < 1.29 is 9.59 Å². The first-order valence-electron chi connectivity index (χ1n) is 8.55. The third-order valence-corrected chi connectivity index (χ3v) is 4.58. The fourth-order valence-corrected chi connectivity index (χ4v) is 3.01. The molecule has 138 valence electrons. The molecule has 3 N–H and O–H groups in total. The van der Waals surface area contributed by atoms with E-state index in [1.54, 1.807) is 17.9 Å². The number of nitrogens with zero attached hydrogens (tertiary/aromatic N) is 1. The number of nitrogens with two attached hydrogens (primary N) is 1. The van der Waals surface area contributed by atoms with Crippen molar-refractivity contribution in [3.05, 3.63) is 60.2 Å². The Kier molecular flexibility index (Phi) is 6.40. The summed E-state index contributed by atoms with van der Waals surface area (Å²) >= 11 is 0. The predicted octanol–water partition coefficient (Wildman–Crippen LogP) is 3.44. The van der Waals surface area contributed by atoms with Gasteiger partial charge in [0, 0.05) is 24.3 Å². The molecular formula is C20H24ClN3O2. The van der Waals surface area contributed by atoms with Crippen LogP contribution in [0.15, 0.2) is 54.6 Å². The highest BCUT2D eigenvalue weighted by Gasteiger charge is 2.30. The third-order valence-electron chi connectivity index (χ3n) is 4.58. The molecule has 1 atom stereocenters. The van der Waals surface area contributed by atoms with Crippen LogP contribution in [-0.4, -0.2) is 18.4 Å². The van der Waals surface area contributed by atoms with E-state index >= 15 is 0 Å². The summed E-state index contributed by atoms with van der Waals surface area (Å²) in [5.74, 6) is -0.163. The van der Waals surface area contributed by atoms with E-state index in [2.05, 4.69) is 5.32 Å². The molecule has 26 heavy (non-hydrogen) atoms. The van der Waals surface area contributed by atoms with E-state index in [1.807, 2.05) is 48.5 Å². The summed E-state index contributed by atoms with van der Waals surface area (Å²) in [6.07, 6.45) is 2.51. The van der Waals surface area contributed by atoms with Crippen LogP contribution in [0, 0.1) is 0 Å². The lowest BCUT2D eigenvalue weighted by Gasteiger charge is -2.28. The summed E-state index contributed by atoms with van der Waals surface area (Å²) in [6.45, 7) is 2.41. The molecule has 6 heteroatoms. The van der Waals surface area contributed by atoms with Crippen LogP contribution in [0.1, 0.15) is 31.7 Å². The van der Waals surface area contributed by atoms with Gasteiger partial charge in [0.15, 0.2) is 0 Å². The van der Waals surface area contributed by atoms with Gasteiger partial charge in [-0.25, -0.2) is 0 Å². The van der Waals surface area contributed by atoms with E-state index in [9.17, 15) is 9.59 Å². The number of nitrogens with one attached hydrogen (secondary N) is 1. The van der Waals surface area contributed by atoms with Gasteiger partial charge in [0.1, 0.15) is 5.54 Å². The van der Waals surface area contributed by atoms with E-state index in [-0.39, 0.29) is 24.2 Å². The second kappa shape index (κ2) is 8.34. The Morgan fingerprint density at radius 1 is 1.12 bits per heavy atom. The molecule has 1 aliphatic heterocycles. The minimum absolute atomic E-state index is 0. The molecule has 1 saturated heterocycles. The van der Waals surface area contributed by atoms with Gasteiger partial charge >= 0.3 is 0 Å². The van der Waals surface area contributed by atoms with Crippen molar-refractivity contribution in [2.75, 3.05) is 16.8 Å². The molecule has 3 rings (SSSR count). The molecule has 1 fully saturated rings. The number of hydrogen-bond acceptors (Lipinski definition) is 3. The number of amides is 2. The lowest BCUT2D eigenvalue weighted by molar-refractivity contribution is -0.121. The SMILES string of the molecule is CC(N)(C(=O)Nc1cccc(N2CCCCC2=O)c1)c1ccccc1.Cl. The highest BCUT2D eigenvalue weighted by molar-refractivity contribution is 5.99. The first-order chi connectivity index (χ1) is 12.0. The normalized spacial score (nSPS) is 16.4. The minimum Gasteiger partial charge on any atom is -0.324 e. The Hall–Kier alpha value is -2.37. The molecule has 0 radical (unpaired) electrons. The van der Waals surface area contributed by atoms with Crippen LogP contribution in [0.3, 0.4) is 0 Å². The maximum atomic E-state index is 12.7. The zero-order valence-corrected chi connectivity index (χ0v) is 15.6. The molecule has 5 nitrogen and oxygen atoms in total. The molecule has 1 unspecified atom stereocenters. The zero-order chi connectivity index (χ0) is 17.9. The van der Waals surface area contributed by atoms with Gasteiger partial charge in [0.2, 0.25) is 11.8 Å². The highest BCUT2D eigenvalue weighted by Crippen LogP contribution is 2.25. The molecular weight excluding hydrogens is 350 g/mol. The van der Waals surface area contributed by atoms with Crippen molar-refractivity contribution >= 4 is 35.6 Å². The number of hydrogen-bond donors (Lipinski definition) is 2. The van der Waals surface area contributed by atoms with Crippen LogP contribution in [0.5, 0.6) is 0 Å². The van der Waals surface area contributed by atoms with Gasteiger partial charge in [0.05, 0.1) is 0 Å². The van der Waals surface area contributed by atoms with Gasteiger partial charge in [-0.1, -0.05) is 36.4 Å². The summed E-state index contributed by atoms with van der Waals surface area (Å²) < 4.78 is 0. The van der Waals surface area contributed by atoms with Crippen LogP contribution < -0.4 is 16.0 Å². The molecule has 0 spiro atoms. The van der Waals surface area contributed by atoms with Crippen LogP contribution in [0.25, 0.3) is 0 Å². The fraction of sp³-hybridized carbons (Fsp3) is 0.300. The van der Waals surface area contributed by atoms with E-state index in [4.69, 9.17) is 5.73 Å². The molecule has 2 amide bonds. The van der Waals surface area contributed by atoms with Crippen LogP contribution in [0.4, 0.5) is 11.4 Å². The second-order valence-electron chi connectivity index (χ2n) is 6.58. The van der Waals surface area contributed by atoms with Gasteiger partial charge in [-0.3, -0.25) is 9.59 Å². The van der Waals surface area contributed by atoms with Gasteiger partial charge < -0.3 is 16.0 Å². The molecule has 0 saturated carbocycles. The standard InChI is InChI=1S/C20H23N3O2.ClH/c1-20(21,15-8-3-2-4-9-15)19(25)22-16-10-7-11-17(14-16)23-13-6-5-12-18(23)24;/h2-4,7-11,14H,5-6,12-13,21H2,1H3,(H,22,25);1H. The largest absolute Gasteiger partial charge is 0.324 e. The van der Waals surface area contributed by atoms with Crippen molar-refractivity contribution in [1.29, 1.82) is 0 Å². The minimum atomic E-state index is -1.14. The molecule has 2 aromatic carbocycles. The summed E-state index contributed by atoms with van der Waals surface area (Å²) in [6, 6.07) is 16.6. The lowest BCUT2D eigenvalue weighted by atomic mass is 9.92. The number of benzene rings is 2. The van der Waals surface area contributed by atoms with Crippen LogP contribution in [-0.2, 0) is 15.1 Å². The number of piperidine rings is 1. The van der Waals surface area contributed by atoms with Gasteiger partial charge in [0.25, 0.3) is 0 Å². The molecule has 2 aromatic rings. The Balaban J connectivity index is 0.00000243. The predicted molar refractivity (Wildman–Crippen MR) is 107 cm³/mol. The zero-order valence-electron chi connectivity index (χ0n) is 14.8. The second-order valence-corrected chi connectivity index (χ2v) is 6.58. The highest BCUT2D eigenvalue weighted by atomic mass is 35.5. The molecule has 0 bridgehead atoms. The molecule has 1 aliphatic rings. The fourth-order valence-electron chi connectivity index (χ4n) is 3.01. The van der Waals surface area contributed by atoms with E-state index < -0.39 is 5.54 Å². The van der Waals surface area contributed by atoms with Crippen molar-refractivity contribution in [2.45, 2.75) is 31.7 Å². The third kappa shape index (κ3) is 4.23. The molecule has 1 heterocycles. The Labute approximate surface area is 160 Å². The quantitative estimate of drug-likeness (QED) is 0.861. The smallest absolute Gasteiger partial charge is 0.248 e. The van der Waals surface area contributed by atoms with E-state index in [0.29, 0.717) is 12.1 Å². The van der Waals surface area contributed by atoms with Crippen molar-refractivity contribution in [2.24, 2.45) is 5.73 Å². The van der Waals surface area contributed by atoms with Gasteiger partial charge in [-0.15, -0.1) is 12.4 Å². The number of carbonyl (C=O) groups excluding carboxylic acids is 2. The number of halogens is 1. The topological polar surface area (TPSA) is 75.4 Å². The number of anilines is 2. The summed E-state index contributed by atoms with van der Waals surface area (Å²) in [5, 5.41) is 2.87.